The van der Waals surface area contributed by atoms with Crippen LogP contribution >= 0.6 is 11.6 Å². The predicted molar refractivity (Wildman–Crippen MR) is 108 cm³/mol. The van der Waals surface area contributed by atoms with Gasteiger partial charge in [-0.15, -0.1) is 0 Å². The molecule has 0 radical (unpaired) electrons. The van der Waals surface area contributed by atoms with Crippen molar-refractivity contribution < 1.29 is 0 Å². The Bertz CT molecular complexity index is 933. The Morgan fingerprint density at radius 3 is 2.21 bits per heavy atom. The lowest BCUT2D eigenvalue weighted by Crippen LogP contribution is -2.50. The van der Waals surface area contributed by atoms with Crippen LogP contribution in [0.4, 0.5) is 0 Å². The summed E-state index contributed by atoms with van der Waals surface area (Å²) in [5.74, 6) is -1.06. The molecule has 5 heteroatoms. The molecule has 1 unspecified atom stereocenters. The van der Waals surface area contributed by atoms with E-state index in [0.717, 1.165) is 24.0 Å². The number of nitriles is 3. The molecule has 142 valence electrons. The van der Waals surface area contributed by atoms with E-state index < -0.39 is 17.3 Å². The zero-order valence-corrected chi connectivity index (χ0v) is 17.1. The van der Waals surface area contributed by atoms with E-state index in [1.807, 2.05) is 12.1 Å². The van der Waals surface area contributed by atoms with Gasteiger partial charge in [-0.2, -0.15) is 15.8 Å². The molecule has 28 heavy (non-hydrogen) atoms. The molecule has 4 nitrogen and oxygen atoms in total. The average Bonchev–Trinajstić information content (AvgIpc) is 2.67. The van der Waals surface area contributed by atoms with E-state index in [4.69, 9.17) is 17.0 Å². The Morgan fingerprint density at radius 2 is 1.71 bits per heavy atom. The first-order valence-electron chi connectivity index (χ1n) is 9.46. The molecule has 3 rings (SSSR count). The number of nitrogens with one attached hydrogen (secondary N) is 1. The molecule has 0 spiro atoms. The van der Waals surface area contributed by atoms with Crippen molar-refractivity contribution in [3.05, 3.63) is 46.5 Å². The molecule has 1 N–H and O–H groups in total. The first-order chi connectivity index (χ1) is 13.2. The summed E-state index contributed by atoms with van der Waals surface area (Å²) in [5, 5.41) is 39.1. The smallest absolute Gasteiger partial charge is 0.189 e. The number of halogens is 1. The normalized spacial score (nSPS) is 28.9. The highest BCUT2D eigenvalue weighted by atomic mass is 35.5. The van der Waals surface area contributed by atoms with E-state index in [-0.39, 0.29) is 17.0 Å². The van der Waals surface area contributed by atoms with Gasteiger partial charge in [0.2, 0.25) is 0 Å². The minimum Gasteiger partial charge on any atom is -0.305 e. The minimum absolute atomic E-state index is 0.0710. The first-order valence-corrected chi connectivity index (χ1v) is 9.83. The van der Waals surface area contributed by atoms with Crippen molar-refractivity contribution in [1.82, 2.24) is 0 Å². The average molecular weight is 391 g/mol. The van der Waals surface area contributed by atoms with Gasteiger partial charge in [-0.1, -0.05) is 50.6 Å². The van der Waals surface area contributed by atoms with Crippen molar-refractivity contribution in [2.24, 2.45) is 28.6 Å². The first kappa shape index (κ1) is 20.1. The SMILES string of the molecule is CC(C)(C)[C@H]1CC=C2C(C#N)C(=N)C(C#N)(C#N)[C@@H](c3ccc(Cl)cc3)[C@@H]2C1. The van der Waals surface area contributed by atoms with Crippen molar-refractivity contribution in [2.75, 3.05) is 0 Å². The van der Waals surface area contributed by atoms with Crippen LogP contribution in [0.5, 0.6) is 0 Å². The summed E-state index contributed by atoms with van der Waals surface area (Å²) in [4.78, 5) is 0. The van der Waals surface area contributed by atoms with Gasteiger partial charge >= 0.3 is 0 Å². The molecule has 0 aromatic heterocycles. The van der Waals surface area contributed by atoms with Crippen LogP contribution < -0.4 is 0 Å². The molecule has 1 aromatic carbocycles. The van der Waals surface area contributed by atoms with Gasteiger partial charge in [-0.3, -0.25) is 0 Å². The van der Waals surface area contributed by atoms with Crippen LogP contribution in [-0.4, -0.2) is 5.71 Å². The van der Waals surface area contributed by atoms with Crippen LogP contribution in [0.3, 0.4) is 0 Å². The summed E-state index contributed by atoms with van der Waals surface area (Å²) >= 11 is 6.06. The topological polar surface area (TPSA) is 95.2 Å². The second kappa shape index (κ2) is 7.09. The highest BCUT2D eigenvalue weighted by molar-refractivity contribution is 6.30. The third-order valence-electron chi connectivity index (χ3n) is 6.46. The number of benzene rings is 1. The van der Waals surface area contributed by atoms with E-state index >= 15 is 0 Å². The number of fused-ring (bicyclic) bond motifs is 1. The van der Waals surface area contributed by atoms with Gasteiger partial charge in [0.1, 0.15) is 5.92 Å². The van der Waals surface area contributed by atoms with Gasteiger partial charge in [0.15, 0.2) is 5.41 Å². The Balaban J connectivity index is 2.24. The molecule has 0 bridgehead atoms. The van der Waals surface area contributed by atoms with Crippen molar-refractivity contribution in [1.29, 1.82) is 21.2 Å². The van der Waals surface area contributed by atoms with Crippen LogP contribution in [0.2, 0.25) is 5.02 Å². The summed E-state index contributed by atoms with van der Waals surface area (Å²) in [7, 11) is 0. The third kappa shape index (κ3) is 3.01. The maximum absolute atomic E-state index is 10.1. The van der Waals surface area contributed by atoms with E-state index in [1.54, 1.807) is 12.1 Å². The molecule has 1 aromatic rings. The van der Waals surface area contributed by atoms with Crippen LogP contribution in [0.25, 0.3) is 0 Å². The molecule has 0 amide bonds. The third-order valence-corrected chi connectivity index (χ3v) is 6.71. The quantitative estimate of drug-likeness (QED) is 0.629. The molecule has 0 aliphatic heterocycles. The molecule has 2 aliphatic rings. The molecular formula is C23H23ClN4. The van der Waals surface area contributed by atoms with Crippen LogP contribution in [0.1, 0.15) is 45.1 Å². The molecule has 4 atom stereocenters. The Labute approximate surface area is 171 Å². The van der Waals surface area contributed by atoms with E-state index in [9.17, 15) is 15.8 Å². The Hall–Kier alpha value is -2.61. The maximum Gasteiger partial charge on any atom is 0.189 e. The lowest BCUT2D eigenvalue weighted by Gasteiger charge is -2.49. The second-order valence-electron chi connectivity index (χ2n) is 8.88. The second-order valence-corrected chi connectivity index (χ2v) is 9.32. The fraction of sp³-hybridized carbons (Fsp3) is 0.478. The fourth-order valence-corrected chi connectivity index (χ4v) is 4.90. The molecule has 1 saturated carbocycles. The van der Waals surface area contributed by atoms with E-state index in [2.05, 4.69) is 45.1 Å². The zero-order valence-electron chi connectivity index (χ0n) is 16.3. The van der Waals surface area contributed by atoms with E-state index in [1.165, 1.54) is 0 Å². The number of hydrogen-bond acceptors (Lipinski definition) is 4. The standard InChI is InChI=1S/C23H23ClN4/c1-22(2,3)15-6-9-17-18(10-15)20(14-4-7-16(24)8-5-14)23(12-26,13-27)21(28)19(17)11-25/h4-5,7-9,15,18-20,28H,6,10H2,1-3H3/t15-,18+,19?,20-/m0/s1. The fourth-order valence-electron chi connectivity index (χ4n) is 4.78. The summed E-state index contributed by atoms with van der Waals surface area (Å²) in [6.07, 6.45) is 3.73. The Kier molecular flexibility index (Phi) is 5.10. The number of rotatable bonds is 1. The van der Waals surface area contributed by atoms with Crippen molar-refractivity contribution in [3.63, 3.8) is 0 Å². The largest absolute Gasteiger partial charge is 0.305 e. The van der Waals surface area contributed by atoms with Crippen molar-refractivity contribution in [2.45, 2.75) is 39.5 Å². The van der Waals surface area contributed by atoms with Gasteiger partial charge in [0.25, 0.3) is 0 Å². The van der Waals surface area contributed by atoms with Gasteiger partial charge in [-0.25, -0.2) is 0 Å². The van der Waals surface area contributed by atoms with Crippen molar-refractivity contribution in [3.8, 4) is 18.2 Å². The summed E-state index contributed by atoms with van der Waals surface area (Å²) in [5.41, 5.74) is 0.0299. The van der Waals surface area contributed by atoms with Crippen LogP contribution in [-0.2, 0) is 0 Å². The minimum atomic E-state index is -1.66. The van der Waals surface area contributed by atoms with Gasteiger partial charge in [0.05, 0.1) is 23.9 Å². The van der Waals surface area contributed by atoms with E-state index in [0.29, 0.717) is 10.9 Å². The van der Waals surface area contributed by atoms with Crippen molar-refractivity contribution >= 4 is 17.3 Å². The maximum atomic E-state index is 10.1. The summed E-state index contributed by atoms with van der Waals surface area (Å²) < 4.78 is 0. The summed E-state index contributed by atoms with van der Waals surface area (Å²) in [6.45, 7) is 6.59. The monoisotopic (exact) mass is 390 g/mol. The highest BCUT2D eigenvalue weighted by Gasteiger charge is 2.58. The predicted octanol–water partition coefficient (Wildman–Crippen LogP) is 5.63. The Morgan fingerprint density at radius 1 is 1.11 bits per heavy atom. The van der Waals surface area contributed by atoms with Crippen LogP contribution in [0, 0.1) is 68.0 Å². The molecule has 1 fully saturated rings. The lowest BCUT2D eigenvalue weighted by atomic mass is 9.51. The lowest BCUT2D eigenvalue weighted by molar-refractivity contribution is 0.168. The highest BCUT2D eigenvalue weighted by Crippen LogP contribution is 2.57. The zero-order chi connectivity index (χ0) is 20.7. The van der Waals surface area contributed by atoms with Gasteiger partial charge in [0, 0.05) is 10.9 Å². The molecule has 0 heterocycles. The number of allylic oxidation sites excluding steroid dienone is 2. The number of nitrogens with zero attached hydrogens (tertiary/aromatic N) is 3. The van der Waals surface area contributed by atoms with Gasteiger partial charge in [-0.05, 0) is 53.4 Å². The molecule has 2 aliphatic carbocycles. The van der Waals surface area contributed by atoms with Gasteiger partial charge < -0.3 is 5.41 Å². The summed E-state index contributed by atoms with van der Waals surface area (Å²) in [6, 6.07) is 13.7. The molecular weight excluding hydrogens is 368 g/mol. The number of hydrogen-bond donors (Lipinski definition) is 1. The molecule has 0 saturated heterocycles. The van der Waals surface area contributed by atoms with Crippen LogP contribution in [0.15, 0.2) is 35.9 Å².